The van der Waals surface area contributed by atoms with Crippen LogP contribution >= 0.6 is 0 Å². The number of carbonyl (C=O) groups excluding carboxylic acids is 2. The van der Waals surface area contributed by atoms with Crippen LogP contribution < -0.4 is 0 Å². The SMILES string of the molecule is CC(C)C(=O)N(C)Cc1ccc(C(=O)N2CCOC(C(=O)O)C2)cc1. The van der Waals surface area contributed by atoms with E-state index in [1.165, 1.54) is 4.90 Å². The minimum atomic E-state index is -1.06. The Labute approximate surface area is 147 Å². The number of aliphatic carboxylic acids is 1. The van der Waals surface area contributed by atoms with Crippen molar-refractivity contribution in [1.29, 1.82) is 0 Å². The van der Waals surface area contributed by atoms with Gasteiger partial charge in [0.25, 0.3) is 5.91 Å². The van der Waals surface area contributed by atoms with Gasteiger partial charge in [-0.05, 0) is 17.7 Å². The fourth-order valence-corrected chi connectivity index (χ4v) is 2.71. The first kappa shape index (κ1) is 18.9. The number of morpholine rings is 1. The first-order chi connectivity index (χ1) is 11.8. The Morgan fingerprint density at radius 3 is 2.48 bits per heavy atom. The largest absolute Gasteiger partial charge is 0.479 e. The van der Waals surface area contributed by atoms with Gasteiger partial charge in [0.15, 0.2) is 6.10 Å². The molecule has 0 radical (unpaired) electrons. The number of carboxylic acid groups (broad SMARTS) is 1. The van der Waals surface area contributed by atoms with Gasteiger partial charge in [-0.1, -0.05) is 26.0 Å². The number of benzene rings is 1. The fraction of sp³-hybridized carbons (Fsp3) is 0.500. The zero-order valence-corrected chi connectivity index (χ0v) is 14.8. The fourth-order valence-electron chi connectivity index (χ4n) is 2.71. The van der Waals surface area contributed by atoms with Crippen molar-refractivity contribution in [3.05, 3.63) is 35.4 Å². The van der Waals surface area contributed by atoms with Crippen LogP contribution in [0.2, 0.25) is 0 Å². The number of carbonyl (C=O) groups is 3. The summed E-state index contributed by atoms with van der Waals surface area (Å²) in [5.41, 5.74) is 1.42. The average Bonchev–Trinajstić information content (AvgIpc) is 2.61. The summed E-state index contributed by atoms with van der Waals surface area (Å²) in [5, 5.41) is 9.02. The van der Waals surface area contributed by atoms with Gasteiger partial charge in [0, 0.05) is 31.6 Å². The van der Waals surface area contributed by atoms with E-state index in [9.17, 15) is 14.4 Å². The van der Waals surface area contributed by atoms with Crippen LogP contribution in [-0.2, 0) is 20.9 Å². The highest BCUT2D eigenvalue weighted by atomic mass is 16.5. The van der Waals surface area contributed by atoms with Crippen LogP contribution in [0, 0.1) is 5.92 Å². The number of ether oxygens (including phenoxy) is 1. The molecule has 7 heteroatoms. The zero-order valence-electron chi connectivity index (χ0n) is 14.8. The average molecular weight is 348 g/mol. The Morgan fingerprint density at radius 2 is 1.92 bits per heavy atom. The second-order valence-electron chi connectivity index (χ2n) is 6.49. The Bertz CT molecular complexity index is 641. The predicted octanol–water partition coefficient (Wildman–Crippen LogP) is 1.23. The number of hydrogen-bond acceptors (Lipinski definition) is 4. The van der Waals surface area contributed by atoms with Gasteiger partial charge in [0.1, 0.15) is 0 Å². The molecule has 0 spiro atoms. The molecule has 0 bridgehead atoms. The van der Waals surface area contributed by atoms with E-state index in [-0.39, 0.29) is 30.9 Å². The maximum atomic E-state index is 12.5. The van der Waals surface area contributed by atoms with E-state index in [4.69, 9.17) is 9.84 Å². The molecule has 0 aliphatic carbocycles. The van der Waals surface area contributed by atoms with Gasteiger partial charge in [-0.2, -0.15) is 0 Å². The van der Waals surface area contributed by atoms with Crippen molar-refractivity contribution in [3.8, 4) is 0 Å². The van der Waals surface area contributed by atoms with E-state index in [1.54, 1.807) is 24.1 Å². The normalized spacial score (nSPS) is 17.4. The van der Waals surface area contributed by atoms with Crippen molar-refractivity contribution < 1.29 is 24.2 Å². The van der Waals surface area contributed by atoms with E-state index in [2.05, 4.69) is 0 Å². The summed E-state index contributed by atoms with van der Waals surface area (Å²) >= 11 is 0. The lowest BCUT2D eigenvalue weighted by molar-refractivity contribution is -0.154. The van der Waals surface area contributed by atoms with Crippen LogP contribution in [0.4, 0.5) is 0 Å². The number of rotatable bonds is 5. The second-order valence-corrected chi connectivity index (χ2v) is 6.49. The highest BCUT2D eigenvalue weighted by molar-refractivity contribution is 5.94. The zero-order chi connectivity index (χ0) is 18.6. The van der Waals surface area contributed by atoms with Crippen molar-refractivity contribution in [3.63, 3.8) is 0 Å². The van der Waals surface area contributed by atoms with Gasteiger partial charge >= 0.3 is 5.97 Å². The van der Waals surface area contributed by atoms with Gasteiger partial charge in [0.05, 0.1) is 13.2 Å². The number of hydrogen-bond donors (Lipinski definition) is 1. The number of carboxylic acids is 1. The summed E-state index contributed by atoms with van der Waals surface area (Å²) in [6.45, 7) is 4.81. The van der Waals surface area contributed by atoms with Gasteiger partial charge in [-0.15, -0.1) is 0 Å². The molecule has 1 N–H and O–H groups in total. The summed E-state index contributed by atoms with van der Waals surface area (Å²) in [5.74, 6) is -1.28. The molecule has 1 aromatic carbocycles. The Kier molecular flexibility index (Phi) is 6.14. The Hall–Kier alpha value is -2.41. The van der Waals surface area contributed by atoms with E-state index in [0.29, 0.717) is 18.7 Å². The summed E-state index contributed by atoms with van der Waals surface area (Å²) in [6, 6.07) is 7.03. The van der Waals surface area contributed by atoms with Crippen molar-refractivity contribution in [2.24, 2.45) is 5.92 Å². The Balaban J connectivity index is 2.00. The van der Waals surface area contributed by atoms with E-state index >= 15 is 0 Å². The van der Waals surface area contributed by atoms with Gasteiger partial charge in [-0.25, -0.2) is 4.79 Å². The third kappa shape index (κ3) is 4.79. The maximum Gasteiger partial charge on any atom is 0.334 e. The number of nitrogens with zero attached hydrogens (tertiary/aromatic N) is 2. The van der Waals surface area contributed by atoms with E-state index < -0.39 is 12.1 Å². The number of amides is 2. The molecule has 1 fully saturated rings. The van der Waals surface area contributed by atoms with Crippen molar-refractivity contribution in [2.75, 3.05) is 26.7 Å². The molecule has 0 saturated carbocycles. The summed E-state index contributed by atoms with van der Waals surface area (Å²) in [4.78, 5) is 38.6. The molecule has 0 aromatic heterocycles. The van der Waals surface area contributed by atoms with Crippen LogP contribution in [0.5, 0.6) is 0 Å². The molecule has 1 saturated heterocycles. The summed E-state index contributed by atoms with van der Waals surface area (Å²) in [7, 11) is 1.75. The van der Waals surface area contributed by atoms with E-state index in [1.807, 2.05) is 26.0 Å². The molecule has 1 aliphatic rings. The molecule has 2 rings (SSSR count). The van der Waals surface area contributed by atoms with Gasteiger partial charge in [0.2, 0.25) is 5.91 Å². The van der Waals surface area contributed by atoms with Crippen molar-refractivity contribution in [2.45, 2.75) is 26.5 Å². The molecule has 1 heterocycles. The summed E-state index contributed by atoms with van der Waals surface area (Å²) in [6.07, 6.45) is -0.979. The first-order valence-electron chi connectivity index (χ1n) is 8.27. The maximum absolute atomic E-state index is 12.5. The van der Waals surface area contributed by atoms with Gasteiger partial charge in [-0.3, -0.25) is 9.59 Å². The van der Waals surface area contributed by atoms with Crippen LogP contribution in [0.3, 0.4) is 0 Å². The molecule has 1 atom stereocenters. The standard InChI is InChI=1S/C18H24N2O5/c1-12(2)16(21)19(3)10-13-4-6-14(7-5-13)17(22)20-8-9-25-15(11-20)18(23)24/h4-7,12,15H,8-11H2,1-3H3,(H,23,24). The topological polar surface area (TPSA) is 87.2 Å². The lowest BCUT2D eigenvalue weighted by Crippen LogP contribution is -2.48. The van der Waals surface area contributed by atoms with Crippen molar-refractivity contribution >= 4 is 17.8 Å². The quantitative estimate of drug-likeness (QED) is 0.865. The van der Waals surface area contributed by atoms with E-state index in [0.717, 1.165) is 5.56 Å². The highest BCUT2D eigenvalue weighted by Gasteiger charge is 2.29. The molecular weight excluding hydrogens is 324 g/mol. The molecular formula is C18H24N2O5. The first-order valence-corrected chi connectivity index (χ1v) is 8.27. The van der Waals surface area contributed by atoms with Crippen LogP contribution in [0.15, 0.2) is 24.3 Å². The molecule has 25 heavy (non-hydrogen) atoms. The minimum Gasteiger partial charge on any atom is -0.479 e. The molecule has 1 unspecified atom stereocenters. The molecule has 2 amide bonds. The van der Waals surface area contributed by atoms with Crippen LogP contribution in [0.25, 0.3) is 0 Å². The summed E-state index contributed by atoms with van der Waals surface area (Å²) < 4.78 is 5.13. The molecule has 1 aromatic rings. The highest BCUT2D eigenvalue weighted by Crippen LogP contribution is 2.13. The third-order valence-corrected chi connectivity index (χ3v) is 4.12. The van der Waals surface area contributed by atoms with Gasteiger partial charge < -0.3 is 19.6 Å². The van der Waals surface area contributed by atoms with Crippen LogP contribution in [0.1, 0.15) is 29.8 Å². The monoisotopic (exact) mass is 348 g/mol. The lowest BCUT2D eigenvalue weighted by Gasteiger charge is -2.31. The third-order valence-electron chi connectivity index (χ3n) is 4.12. The lowest BCUT2D eigenvalue weighted by atomic mass is 10.1. The molecule has 7 nitrogen and oxygen atoms in total. The second kappa shape index (κ2) is 8.11. The predicted molar refractivity (Wildman–Crippen MR) is 91.0 cm³/mol. The molecule has 1 aliphatic heterocycles. The van der Waals surface area contributed by atoms with Crippen LogP contribution in [-0.4, -0.2) is 65.5 Å². The smallest absolute Gasteiger partial charge is 0.334 e. The minimum absolute atomic E-state index is 0.0432. The van der Waals surface area contributed by atoms with Crippen molar-refractivity contribution in [1.82, 2.24) is 9.80 Å². The Morgan fingerprint density at radius 1 is 1.28 bits per heavy atom. The molecule has 136 valence electrons.